The normalized spacial score (nSPS) is 10.5. The van der Waals surface area contributed by atoms with Crippen molar-refractivity contribution in [3.8, 4) is 5.75 Å². The molecule has 2 aromatic rings. The summed E-state index contributed by atoms with van der Waals surface area (Å²) in [5, 5.41) is 19.6. The van der Waals surface area contributed by atoms with Crippen molar-refractivity contribution in [3.63, 3.8) is 0 Å². The van der Waals surface area contributed by atoms with Crippen molar-refractivity contribution >= 4 is 16.7 Å². The molecule has 1 heterocycles. The molecule has 1 aromatic carbocycles. The van der Waals surface area contributed by atoms with Crippen LogP contribution in [0.1, 0.15) is 16.1 Å². The SMILES string of the molecule is Cc1ccc2c(C(=O)O)nccc2c1O. The number of fused-ring (bicyclic) bond motifs is 1. The number of carboxylic acid groups (broad SMARTS) is 1. The summed E-state index contributed by atoms with van der Waals surface area (Å²) in [6.07, 6.45) is 1.38. The van der Waals surface area contributed by atoms with Gasteiger partial charge in [0.05, 0.1) is 0 Å². The second-order valence-electron chi connectivity index (χ2n) is 3.29. The fraction of sp³-hybridized carbons (Fsp3) is 0.0909. The van der Waals surface area contributed by atoms with Gasteiger partial charge in [0.15, 0.2) is 5.69 Å². The van der Waals surface area contributed by atoms with Gasteiger partial charge in [-0.15, -0.1) is 0 Å². The van der Waals surface area contributed by atoms with E-state index in [1.54, 1.807) is 25.1 Å². The molecule has 0 saturated heterocycles. The number of carbonyl (C=O) groups is 1. The van der Waals surface area contributed by atoms with E-state index in [0.29, 0.717) is 16.3 Å². The first-order valence-electron chi connectivity index (χ1n) is 4.42. The average molecular weight is 203 g/mol. The Balaban J connectivity index is 2.89. The molecule has 0 aliphatic carbocycles. The topological polar surface area (TPSA) is 70.4 Å². The summed E-state index contributed by atoms with van der Waals surface area (Å²) in [7, 11) is 0. The van der Waals surface area contributed by atoms with E-state index >= 15 is 0 Å². The highest BCUT2D eigenvalue weighted by atomic mass is 16.4. The van der Waals surface area contributed by atoms with E-state index in [-0.39, 0.29) is 11.4 Å². The number of hydrogen-bond donors (Lipinski definition) is 2. The Labute approximate surface area is 85.8 Å². The van der Waals surface area contributed by atoms with Crippen LogP contribution in [-0.2, 0) is 0 Å². The van der Waals surface area contributed by atoms with Crippen LogP contribution >= 0.6 is 0 Å². The Hall–Kier alpha value is -2.10. The number of hydrogen-bond acceptors (Lipinski definition) is 3. The molecule has 1 aromatic heterocycles. The molecule has 0 fully saturated rings. The fourth-order valence-corrected chi connectivity index (χ4v) is 1.52. The zero-order valence-corrected chi connectivity index (χ0v) is 8.06. The largest absolute Gasteiger partial charge is 0.507 e. The van der Waals surface area contributed by atoms with E-state index in [4.69, 9.17) is 5.11 Å². The van der Waals surface area contributed by atoms with Gasteiger partial charge in [-0.05, 0) is 18.6 Å². The zero-order chi connectivity index (χ0) is 11.0. The number of rotatable bonds is 1. The Morgan fingerprint density at radius 2 is 2.00 bits per heavy atom. The van der Waals surface area contributed by atoms with Crippen molar-refractivity contribution in [1.82, 2.24) is 4.98 Å². The minimum Gasteiger partial charge on any atom is -0.507 e. The van der Waals surface area contributed by atoms with Crippen LogP contribution < -0.4 is 0 Å². The number of pyridine rings is 1. The second kappa shape index (κ2) is 3.24. The molecule has 0 atom stereocenters. The fourth-order valence-electron chi connectivity index (χ4n) is 1.52. The highest BCUT2D eigenvalue weighted by molar-refractivity contribution is 6.03. The Kier molecular flexibility index (Phi) is 2.04. The molecule has 4 nitrogen and oxygen atoms in total. The number of phenols is 1. The molecule has 2 N–H and O–H groups in total. The van der Waals surface area contributed by atoms with E-state index in [1.807, 2.05) is 0 Å². The summed E-state index contributed by atoms with van der Waals surface area (Å²) < 4.78 is 0. The highest BCUT2D eigenvalue weighted by Crippen LogP contribution is 2.29. The molecule has 0 amide bonds. The molecule has 4 heteroatoms. The van der Waals surface area contributed by atoms with Crippen LogP contribution in [0.15, 0.2) is 24.4 Å². The smallest absolute Gasteiger partial charge is 0.355 e. The minimum absolute atomic E-state index is 0.0391. The molecule has 0 bridgehead atoms. The van der Waals surface area contributed by atoms with Crippen LogP contribution in [0.4, 0.5) is 0 Å². The van der Waals surface area contributed by atoms with Crippen molar-refractivity contribution in [3.05, 3.63) is 35.7 Å². The lowest BCUT2D eigenvalue weighted by molar-refractivity contribution is 0.0693. The van der Waals surface area contributed by atoms with Crippen molar-refractivity contribution < 1.29 is 15.0 Å². The first kappa shape index (κ1) is 9.45. The maximum absolute atomic E-state index is 10.9. The van der Waals surface area contributed by atoms with Gasteiger partial charge < -0.3 is 10.2 Å². The summed E-state index contributed by atoms with van der Waals surface area (Å²) in [5.41, 5.74) is 0.674. The predicted octanol–water partition coefficient (Wildman–Crippen LogP) is 1.95. The summed E-state index contributed by atoms with van der Waals surface area (Å²) in [6.45, 7) is 1.76. The third-order valence-corrected chi connectivity index (χ3v) is 2.32. The van der Waals surface area contributed by atoms with E-state index in [1.165, 1.54) is 6.20 Å². The maximum atomic E-state index is 10.9. The van der Waals surface area contributed by atoms with Gasteiger partial charge >= 0.3 is 5.97 Å². The minimum atomic E-state index is -1.09. The average Bonchev–Trinajstić information content (AvgIpc) is 2.23. The Bertz CT molecular complexity index is 549. The van der Waals surface area contributed by atoms with Gasteiger partial charge in [-0.25, -0.2) is 9.78 Å². The molecule has 0 aliphatic heterocycles. The van der Waals surface area contributed by atoms with Crippen LogP contribution in [0.2, 0.25) is 0 Å². The number of carboxylic acids is 1. The molecule has 0 spiro atoms. The van der Waals surface area contributed by atoms with Crippen molar-refractivity contribution in [2.75, 3.05) is 0 Å². The molecule has 2 rings (SSSR count). The molecular weight excluding hydrogens is 194 g/mol. The van der Waals surface area contributed by atoms with Crippen molar-refractivity contribution in [1.29, 1.82) is 0 Å². The van der Waals surface area contributed by atoms with Gasteiger partial charge in [0, 0.05) is 17.0 Å². The number of nitrogens with zero attached hydrogens (tertiary/aromatic N) is 1. The number of benzene rings is 1. The van der Waals surface area contributed by atoms with Gasteiger partial charge in [0.1, 0.15) is 5.75 Å². The van der Waals surface area contributed by atoms with E-state index < -0.39 is 5.97 Å². The number of aryl methyl sites for hydroxylation is 1. The quantitative estimate of drug-likeness (QED) is 0.743. The van der Waals surface area contributed by atoms with Crippen molar-refractivity contribution in [2.24, 2.45) is 0 Å². The van der Waals surface area contributed by atoms with Crippen LogP contribution in [0.5, 0.6) is 5.75 Å². The van der Waals surface area contributed by atoms with Crippen LogP contribution in [0.3, 0.4) is 0 Å². The van der Waals surface area contributed by atoms with E-state index in [0.717, 1.165) is 0 Å². The first-order valence-corrected chi connectivity index (χ1v) is 4.42. The molecule has 0 unspecified atom stereocenters. The predicted molar refractivity (Wildman–Crippen MR) is 55.1 cm³/mol. The third-order valence-electron chi connectivity index (χ3n) is 2.32. The molecule has 0 radical (unpaired) electrons. The van der Waals surface area contributed by atoms with E-state index in [9.17, 15) is 9.90 Å². The molecule has 0 aliphatic rings. The highest BCUT2D eigenvalue weighted by Gasteiger charge is 2.12. The number of aromatic nitrogens is 1. The van der Waals surface area contributed by atoms with Crippen LogP contribution in [-0.4, -0.2) is 21.2 Å². The molecule has 15 heavy (non-hydrogen) atoms. The molecular formula is C11H9NO3. The standard InChI is InChI=1S/C11H9NO3/c1-6-2-3-7-8(10(6)13)4-5-12-9(7)11(14)15/h2-5,13H,1H3,(H,14,15). The van der Waals surface area contributed by atoms with Gasteiger partial charge in [-0.3, -0.25) is 0 Å². The monoisotopic (exact) mass is 203 g/mol. The lowest BCUT2D eigenvalue weighted by atomic mass is 10.1. The lowest BCUT2D eigenvalue weighted by Gasteiger charge is -2.05. The molecule has 76 valence electrons. The van der Waals surface area contributed by atoms with Crippen molar-refractivity contribution in [2.45, 2.75) is 6.92 Å². The van der Waals surface area contributed by atoms with Crippen LogP contribution in [0.25, 0.3) is 10.8 Å². The Morgan fingerprint density at radius 3 is 2.67 bits per heavy atom. The lowest BCUT2D eigenvalue weighted by Crippen LogP contribution is -2.00. The summed E-state index contributed by atoms with van der Waals surface area (Å²) >= 11 is 0. The van der Waals surface area contributed by atoms with Crippen LogP contribution in [0, 0.1) is 6.92 Å². The number of phenolic OH excluding ortho intramolecular Hbond substituents is 1. The summed E-state index contributed by atoms with van der Waals surface area (Å²) in [6, 6.07) is 4.93. The third kappa shape index (κ3) is 1.40. The zero-order valence-electron chi connectivity index (χ0n) is 8.06. The number of aromatic hydroxyl groups is 1. The number of aromatic carboxylic acids is 1. The van der Waals surface area contributed by atoms with E-state index in [2.05, 4.69) is 4.98 Å². The maximum Gasteiger partial charge on any atom is 0.355 e. The Morgan fingerprint density at radius 1 is 1.27 bits per heavy atom. The van der Waals surface area contributed by atoms with Gasteiger partial charge in [0.2, 0.25) is 0 Å². The molecule has 0 saturated carbocycles. The summed E-state index contributed by atoms with van der Waals surface area (Å²) in [5.74, 6) is -0.985. The van der Waals surface area contributed by atoms with Gasteiger partial charge in [-0.1, -0.05) is 12.1 Å². The van der Waals surface area contributed by atoms with Gasteiger partial charge in [-0.2, -0.15) is 0 Å². The second-order valence-corrected chi connectivity index (χ2v) is 3.29. The summed E-state index contributed by atoms with van der Waals surface area (Å²) in [4.78, 5) is 14.6. The first-order chi connectivity index (χ1) is 7.11. The van der Waals surface area contributed by atoms with Gasteiger partial charge in [0.25, 0.3) is 0 Å².